The van der Waals surface area contributed by atoms with Gasteiger partial charge >= 0.3 is 0 Å². The van der Waals surface area contributed by atoms with Gasteiger partial charge in [-0.3, -0.25) is 0 Å². The minimum absolute atomic E-state index is 0.253. The number of anilines is 1. The maximum atomic E-state index is 9.72. The molecule has 0 aromatic carbocycles. The Morgan fingerprint density at radius 1 is 1.50 bits per heavy atom. The van der Waals surface area contributed by atoms with Gasteiger partial charge in [0.05, 0.1) is 6.61 Å². The molecule has 1 aliphatic rings. The van der Waals surface area contributed by atoms with Gasteiger partial charge in [-0.05, 0) is 12.2 Å². The highest BCUT2D eigenvalue weighted by molar-refractivity contribution is 7.73. The molecule has 7 nitrogen and oxygen atoms in total. The summed E-state index contributed by atoms with van der Waals surface area (Å²) in [7, 11) is 0. The standard InChI is InChI=1S/C7H11N3O4S2/c8-6-9-10(7(15)16-6)5-4(13)3(12)2(1-11)14-5/h2-5,11-13H,1H2,(H2,8,9)/t2-,3-,4-,5?/m1/s1. The van der Waals surface area contributed by atoms with Crippen molar-refractivity contribution in [3.05, 3.63) is 3.95 Å². The number of hydrogen-bond donors (Lipinski definition) is 4. The highest BCUT2D eigenvalue weighted by Gasteiger charge is 2.44. The van der Waals surface area contributed by atoms with Crippen LogP contribution in [0.4, 0.5) is 5.13 Å². The number of aromatic nitrogens is 2. The lowest BCUT2D eigenvalue weighted by Crippen LogP contribution is -2.33. The second-order valence-corrected chi connectivity index (χ2v) is 5.03. The molecule has 1 aromatic heterocycles. The van der Waals surface area contributed by atoms with Crippen molar-refractivity contribution in [3.8, 4) is 0 Å². The van der Waals surface area contributed by atoms with E-state index in [0.717, 1.165) is 11.3 Å². The first kappa shape index (κ1) is 11.9. The highest BCUT2D eigenvalue weighted by Crippen LogP contribution is 2.30. The fourth-order valence-corrected chi connectivity index (χ4v) is 2.49. The summed E-state index contributed by atoms with van der Waals surface area (Å²) in [6, 6.07) is 0. The molecule has 1 fully saturated rings. The molecular formula is C7H11N3O4S2. The first-order valence-corrected chi connectivity index (χ1v) is 5.74. The molecule has 0 saturated carbocycles. The lowest BCUT2D eigenvalue weighted by Gasteiger charge is -2.14. The topological polar surface area (TPSA) is 114 Å². The second kappa shape index (κ2) is 4.35. The quantitative estimate of drug-likeness (QED) is 0.500. The summed E-state index contributed by atoms with van der Waals surface area (Å²) in [5, 5.41) is 32.3. The Hall–Kier alpha value is -0.580. The molecule has 0 spiro atoms. The van der Waals surface area contributed by atoms with E-state index in [-0.39, 0.29) is 11.7 Å². The number of nitrogens with two attached hydrogens (primary N) is 1. The fourth-order valence-electron chi connectivity index (χ4n) is 1.55. The summed E-state index contributed by atoms with van der Waals surface area (Å²) in [6.07, 6.45) is -4.11. The molecule has 0 amide bonds. The number of nitrogens with zero attached hydrogens (tertiary/aromatic N) is 2. The van der Waals surface area contributed by atoms with Crippen molar-refractivity contribution < 1.29 is 20.1 Å². The maximum absolute atomic E-state index is 9.72. The van der Waals surface area contributed by atoms with Crippen molar-refractivity contribution in [1.82, 2.24) is 9.78 Å². The predicted octanol–water partition coefficient (Wildman–Crippen LogP) is -1.13. The Labute approximate surface area is 99.7 Å². The summed E-state index contributed by atoms with van der Waals surface area (Å²) in [6.45, 7) is -0.387. The molecule has 1 aromatic rings. The van der Waals surface area contributed by atoms with E-state index >= 15 is 0 Å². The monoisotopic (exact) mass is 265 g/mol. The molecule has 0 radical (unpaired) electrons. The third kappa shape index (κ3) is 1.85. The van der Waals surface area contributed by atoms with E-state index in [2.05, 4.69) is 5.10 Å². The van der Waals surface area contributed by atoms with Crippen LogP contribution in [0.3, 0.4) is 0 Å². The Morgan fingerprint density at radius 2 is 2.19 bits per heavy atom. The Bertz CT molecular complexity index is 434. The molecule has 1 saturated heterocycles. The van der Waals surface area contributed by atoms with Crippen LogP contribution in [0.5, 0.6) is 0 Å². The highest BCUT2D eigenvalue weighted by atomic mass is 32.1. The molecular weight excluding hydrogens is 254 g/mol. The molecule has 1 unspecified atom stereocenters. The summed E-state index contributed by atoms with van der Waals surface area (Å²) in [4.78, 5) is 0. The van der Waals surface area contributed by atoms with Crippen LogP contribution >= 0.6 is 23.6 Å². The van der Waals surface area contributed by atoms with Gasteiger partial charge in [0.25, 0.3) is 0 Å². The zero-order chi connectivity index (χ0) is 11.9. The van der Waals surface area contributed by atoms with Gasteiger partial charge in [-0.2, -0.15) is 0 Å². The average Bonchev–Trinajstić information content (AvgIpc) is 2.70. The van der Waals surface area contributed by atoms with Crippen molar-refractivity contribution >= 4 is 28.7 Å². The third-order valence-corrected chi connectivity index (χ3v) is 3.43. The average molecular weight is 265 g/mol. The summed E-state index contributed by atoms with van der Waals surface area (Å²) < 4.78 is 6.83. The Morgan fingerprint density at radius 3 is 2.62 bits per heavy atom. The van der Waals surface area contributed by atoms with Crippen LogP contribution in [0.1, 0.15) is 6.23 Å². The number of aliphatic hydroxyl groups is 3. The molecule has 0 aliphatic carbocycles. The Kier molecular flexibility index (Phi) is 3.24. The molecule has 5 N–H and O–H groups in total. The molecule has 16 heavy (non-hydrogen) atoms. The van der Waals surface area contributed by atoms with Crippen molar-refractivity contribution in [3.63, 3.8) is 0 Å². The van der Waals surface area contributed by atoms with Gasteiger partial charge in [-0.1, -0.05) is 11.3 Å². The fraction of sp³-hybridized carbons (Fsp3) is 0.714. The van der Waals surface area contributed by atoms with Crippen LogP contribution < -0.4 is 5.73 Å². The molecule has 90 valence electrons. The molecule has 2 rings (SSSR count). The van der Waals surface area contributed by atoms with E-state index in [4.69, 9.17) is 27.8 Å². The number of aliphatic hydroxyl groups excluding tert-OH is 3. The first-order chi connectivity index (χ1) is 7.54. The second-order valence-electron chi connectivity index (χ2n) is 3.38. The lowest BCUT2D eigenvalue weighted by molar-refractivity contribution is -0.0589. The minimum Gasteiger partial charge on any atom is -0.394 e. The smallest absolute Gasteiger partial charge is 0.202 e. The van der Waals surface area contributed by atoms with Crippen LogP contribution in [0, 0.1) is 3.95 Å². The summed E-state index contributed by atoms with van der Waals surface area (Å²) in [5.74, 6) is 0. The number of ether oxygens (including phenoxy) is 1. The van der Waals surface area contributed by atoms with E-state index in [1.54, 1.807) is 0 Å². The SMILES string of the molecule is Nc1nn(C2O[C@H](CO)[C@@H](O)[C@H]2O)c(=S)s1. The van der Waals surface area contributed by atoms with Crippen molar-refractivity contribution in [2.24, 2.45) is 0 Å². The number of hydrogen-bond acceptors (Lipinski definition) is 8. The molecule has 1 aliphatic heterocycles. The van der Waals surface area contributed by atoms with Crippen LogP contribution in [0.2, 0.25) is 0 Å². The van der Waals surface area contributed by atoms with Crippen LogP contribution in [-0.4, -0.2) is 50.0 Å². The van der Waals surface area contributed by atoms with Crippen molar-refractivity contribution in [2.75, 3.05) is 12.3 Å². The van der Waals surface area contributed by atoms with Gasteiger partial charge < -0.3 is 25.8 Å². The first-order valence-electron chi connectivity index (χ1n) is 4.52. The third-order valence-electron chi connectivity index (χ3n) is 2.34. The van der Waals surface area contributed by atoms with E-state index < -0.39 is 24.5 Å². The van der Waals surface area contributed by atoms with Gasteiger partial charge in [0.2, 0.25) is 5.13 Å². The summed E-state index contributed by atoms with van der Waals surface area (Å²) in [5.41, 5.74) is 5.47. The zero-order valence-corrected chi connectivity index (χ0v) is 9.69. The van der Waals surface area contributed by atoms with Crippen LogP contribution in [-0.2, 0) is 4.74 Å². The number of rotatable bonds is 2. The zero-order valence-electron chi connectivity index (χ0n) is 8.05. The Balaban J connectivity index is 2.29. The van der Waals surface area contributed by atoms with Crippen LogP contribution in [0.25, 0.3) is 0 Å². The van der Waals surface area contributed by atoms with Crippen LogP contribution in [0.15, 0.2) is 0 Å². The van der Waals surface area contributed by atoms with Gasteiger partial charge in [0.15, 0.2) is 10.2 Å². The lowest BCUT2D eigenvalue weighted by atomic mass is 10.1. The van der Waals surface area contributed by atoms with Gasteiger partial charge in [0, 0.05) is 0 Å². The minimum atomic E-state index is -1.19. The van der Waals surface area contributed by atoms with Gasteiger partial charge in [-0.15, -0.1) is 5.10 Å². The molecule has 4 atom stereocenters. The maximum Gasteiger partial charge on any atom is 0.202 e. The van der Waals surface area contributed by atoms with Crippen molar-refractivity contribution in [1.29, 1.82) is 0 Å². The van der Waals surface area contributed by atoms with E-state index in [0.29, 0.717) is 3.95 Å². The van der Waals surface area contributed by atoms with Gasteiger partial charge in [-0.25, -0.2) is 4.68 Å². The normalized spacial score (nSPS) is 34.4. The van der Waals surface area contributed by atoms with E-state index in [9.17, 15) is 10.2 Å². The van der Waals surface area contributed by atoms with E-state index in [1.807, 2.05) is 0 Å². The molecule has 0 bridgehead atoms. The largest absolute Gasteiger partial charge is 0.394 e. The molecule has 9 heteroatoms. The van der Waals surface area contributed by atoms with Gasteiger partial charge in [0.1, 0.15) is 18.3 Å². The van der Waals surface area contributed by atoms with Crippen molar-refractivity contribution in [2.45, 2.75) is 24.5 Å². The molecule has 2 heterocycles. The summed E-state index contributed by atoms with van der Waals surface area (Å²) >= 11 is 6.06. The van der Waals surface area contributed by atoms with E-state index in [1.165, 1.54) is 4.68 Å². The number of nitrogen functional groups attached to an aromatic ring is 1. The predicted molar refractivity (Wildman–Crippen MR) is 58.4 cm³/mol.